The Morgan fingerprint density at radius 2 is 2.22 bits per heavy atom. The summed E-state index contributed by atoms with van der Waals surface area (Å²) in [5.41, 5.74) is 0.628. The highest BCUT2D eigenvalue weighted by Gasteiger charge is 2.09. The Kier molecular flexibility index (Phi) is 7.25. The van der Waals surface area contributed by atoms with Crippen LogP contribution >= 0.6 is 11.6 Å². The summed E-state index contributed by atoms with van der Waals surface area (Å²) in [5, 5.41) is 3.82. The molecule has 0 aliphatic heterocycles. The molecular weight excluding hydrogens is 253 g/mol. The Balaban J connectivity index is 2.31. The van der Waals surface area contributed by atoms with Crippen molar-refractivity contribution in [2.45, 2.75) is 19.8 Å². The van der Waals surface area contributed by atoms with Gasteiger partial charge in [0.15, 0.2) is 0 Å². The molecule has 1 rings (SSSR count). The van der Waals surface area contributed by atoms with E-state index in [0.29, 0.717) is 29.5 Å². The zero-order valence-corrected chi connectivity index (χ0v) is 11.8. The van der Waals surface area contributed by atoms with Gasteiger partial charge in [0.2, 0.25) is 0 Å². The largest absolute Gasteiger partial charge is 0.383 e. The number of hydrogen-bond donors (Lipinski definition) is 1. The monoisotopic (exact) mass is 273 g/mol. The summed E-state index contributed by atoms with van der Waals surface area (Å²) < 4.78 is 18.5. The zero-order valence-electron chi connectivity index (χ0n) is 11.0. The Bertz CT molecular complexity index is 339. The third-order valence-electron chi connectivity index (χ3n) is 2.92. The number of benzene rings is 1. The molecule has 0 fully saturated rings. The van der Waals surface area contributed by atoms with Gasteiger partial charge in [-0.1, -0.05) is 24.6 Å². The van der Waals surface area contributed by atoms with Crippen LogP contribution in [0.5, 0.6) is 0 Å². The number of ether oxygens (including phenoxy) is 1. The van der Waals surface area contributed by atoms with Crippen molar-refractivity contribution in [2.24, 2.45) is 5.92 Å². The van der Waals surface area contributed by atoms with Crippen molar-refractivity contribution in [3.8, 4) is 0 Å². The minimum absolute atomic E-state index is 0.206. The van der Waals surface area contributed by atoms with E-state index in [1.807, 2.05) is 0 Å². The molecule has 0 aromatic heterocycles. The summed E-state index contributed by atoms with van der Waals surface area (Å²) in [6.45, 7) is 4.62. The fraction of sp³-hybridized carbons (Fsp3) is 0.571. The standard InChI is InChI=1S/C14H21ClFNO/c1-11(10-17-8-9-18-2)6-7-12-13(15)4-3-5-14(12)16/h3-5,11,17H,6-10H2,1-2H3. The van der Waals surface area contributed by atoms with Crippen molar-refractivity contribution in [3.05, 3.63) is 34.6 Å². The summed E-state index contributed by atoms with van der Waals surface area (Å²) in [6.07, 6.45) is 1.60. The summed E-state index contributed by atoms with van der Waals surface area (Å²) >= 11 is 5.99. The van der Waals surface area contributed by atoms with Crippen molar-refractivity contribution >= 4 is 11.6 Å². The van der Waals surface area contributed by atoms with E-state index in [4.69, 9.17) is 16.3 Å². The third-order valence-corrected chi connectivity index (χ3v) is 3.28. The molecule has 0 bridgehead atoms. The Morgan fingerprint density at radius 3 is 2.89 bits per heavy atom. The highest BCUT2D eigenvalue weighted by Crippen LogP contribution is 2.21. The highest BCUT2D eigenvalue weighted by atomic mass is 35.5. The topological polar surface area (TPSA) is 21.3 Å². The van der Waals surface area contributed by atoms with Gasteiger partial charge in [-0.05, 0) is 37.4 Å². The molecule has 0 heterocycles. The first-order valence-electron chi connectivity index (χ1n) is 6.27. The van der Waals surface area contributed by atoms with Gasteiger partial charge in [-0.15, -0.1) is 0 Å². The molecule has 4 heteroatoms. The fourth-order valence-electron chi connectivity index (χ4n) is 1.79. The summed E-state index contributed by atoms with van der Waals surface area (Å²) in [7, 11) is 1.69. The van der Waals surface area contributed by atoms with Crippen LogP contribution in [0.1, 0.15) is 18.9 Å². The fourth-order valence-corrected chi connectivity index (χ4v) is 2.04. The van der Waals surface area contributed by atoms with Crippen LogP contribution in [0.3, 0.4) is 0 Å². The van der Waals surface area contributed by atoms with Crippen LogP contribution in [0.4, 0.5) is 4.39 Å². The molecular formula is C14H21ClFNO. The van der Waals surface area contributed by atoms with Crippen LogP contribution in [0, 0.1) is 11.7 Å². The van der Waals surface area contributed by atoms with Gasteiger partial charge < -0.3 is 10.1 Å². The lowest BCUT2D eigenvalue weighted by Gasteiger charge is -2.13. The van der Waals surface area contributed by atoms with Crippen molar-refractivity contribution in [2.75, 3.05) is 26.8 Å². The number of methoxy groups -OCH3 is 1. The second-order valence-electron chi connectivity index (χ2n) is 4.54. The molecule has 1 atom stereocenters. The predicted octanol–water partition coefficient (Wildman–Crippen LogP) is 3.28. The average molecular weight is 274 g/mol. The van der Waals surface area contributed by atoms with E-state index >= 15 is 0 Å². The van der Waals surface area contributed by atoms with Crippen LogP contribution in [0.15, 0.2) is 18.2 Å². The molecule has 1 aromatic carbocycles. The zero-order chi connectivity index (χ0) is 13.4. The number of nitrogens with one attached hydrogen (secondary N) is 1. The molecule has 1 unspecified atom stereocenters. The summed E-state index contributed by atoms with van der Waals surface area (Å²) in [5.74, 6) is 0.277. The molecule has 0 saturated heterocycles. The number of halogens is 2. The van der Waals surface area contributed by atoms with E-state index < -0.39 is 0 Å². The molecule has 0 radical (unpaired) electrons. The smallest absolute Gasteiger partial charge is 0.127 e. The van der Waals surface area contributed by atoms with Crippen LogP contribution in [-0.4, -0.2) is 26.8 Å². The van der Waals surface area contributed by atoms with Gasteiger partial charge in [0, 0.05) is 24.2 Å². The predicted molar refractivity (Wildman–Crippen MR) is 73.6 cm³/mol. The lowest BCUT2D eigenvalue weighted by atomic mass is 10.0. The van der Waals surface area contributed by atoms with Crippen molar-refractivity contribution < 1.29 is 9.13 Å². The van der Waals surface area contributed by atoms with Gasteiger partial charge >= 0.3 is 0 Å². The second-order valence-corrected chi connectivity index (χ2v) is 4.95. The van der Waals surface area contributed by atoms with Crippen LogP contribution < -0.4 is 5.32 Å². The summed E-state index contributed by atoms with van der Waals surface area (Å²) in [4.78, 5) is 0. The van der Waals surface area contributed by atoms with Gasteiger partial charge in [0.1, 0.15) is 5.82 Å². The van der Waals surface area contributed by atoms with E-state index in [1.165, 1.54) is 6.07 Å². The number of hydrogen-bond acceptors (Lipinski definition) is 2. The minimum Gasteiger partial charge on any atom is -0.383 e. The normalized spacial score (nSPS) is 12.7. The van der Waals surface area contributed by atoms with Gasteiger partial charge in [0.25, 0.3) is 0 Å². The maximum absolute atomic E-state index is 13.5. The molecule has 0 saturated carbocycles. The van der Waals surface area contributed by atoms with Gasteiger partial charge in [-0.3, -0.25) is 0 Å². The average Bonchev–Trinajstić information content (AvgIpc) is 2.34. The van der Waals surface area contributed by atoms with Crippen LogP contribution in [0.25, 0.3) is 0 Å². The first-order valence-corrected chi connectivity index (χ1v) is 6.65. The van der Waals surface area contributed by atoms with E-state index in [1.54, 1.807) is 19.2 Å². The van der Waals surface area contributed by atoms with Gasteiger partial charge in [-0.25, -0.2) is 4.39 Å². The maximum atomic E-state index is 13.5. The molecule has 18 heavy (non-hydrogen) atoms. The van der Waals surface area contributed by atoms with Gasteiger partial charge in [0.05, 0.1) is 6.61 Å². The molecule has 0 amide bonds. The number of rotatable bonds is 8. The third kappa shape index (κ3) is 5.34. The van der Waals surface area contributed by atoms with Crippen molar-refractivity contribution in [3.63, 3.8) is 0 Å². The van der Waals surface area contributed by atoms with E-state index in [0.717, 1.165) is 19.5 Å². The highest BCUT2D eigenvalue weighted by molar-refractivity contribution is 6.31. The van der Waals surface area contributed by atoms with Crippen LogP contribution in [0.2, 0.25) is 5.02 Å². The van der Waals surface area contributed by atoms with Crippen LogP contribution in [-0.2, 0) is 11.2 Å². The van der Waals surface area contributed by atoms with E-state index in [2.05, 4.69) is 12.2 Å². The molecule has 0 aliphatic rings. The molecule has 0 spiro atoms. The lowest BCUT2D eigenvalue weighted by molar-refractivity contribution is 0.198. The van der Waals surface area contributed by atoms with Crippen molar-refractivity contribution in [1.29, 1.82) is 0 Å². The first-order chi connectivity index (χ1) is 8.65. The first kappa shape index (κ1) is 15.4. The van der Waals surface area contributed by atoms with E-state index in [9.17, 15) is 4.39 Å². The van der Waals surface area contributed by atoms with E-state index in [-0.39, 0.29) is 5.82 Å². The minimum atomic E-state index is -0.206. The Morgan fingerprint density at radius 1 is 1.44 bits per heavy atom. The lowest BCUT2D eigenvalue weighted by Crippen LogP contribution is -2.25. The Hall–Kier alpha value is -0.640. The molecule has 1 aromatic rings. The van der Waals surface area contributed by atoms with Crippen molar-refractivity contribution in [1.82, 2.24) is 5.32 Å². The SMILES string of the molecule is COCCNCC(C)CCc1c(F)cccc1Cl. The quantitative estimate of drug-likeness (QED) is 0.734. The van der Waals surface area contributed by atoms with Gasteiger partial charge in [-0.2, -0.15) is 0 Å². The molecule has 1 N–H and O–H groups in total. The molecule has 102 valence electrons. The molecule has 0 aliphatic carbocycles. The Labute approximate surface area is 113 Å². The maximum Gasteiger partial charge on any atom is 0.127 e. The second kappa shape index (κ2) is 8.46. The summed E-state index contributed by atoms with van der Waals surface area (Å²) in [6, 6.07) is 4.83. The molecule has 2 nitrogen and oxygen atoms in total.